The summed E-state index contributed by atoms with van der Waals surface area (Å²) in [5, 5.41) is 12.4. The van der Waals surface area contributed by atoms with Crippen molar-refractivity contribution in [3.05, 3.63) is 110 Å². The second-order valence-corrected chi connectivity index (χ2v) is 11.2. The van der Waals surface area contributed by atoms with Crippen molar-refractivity contribution in [2.75, 3.05) is 10.0 Å². The Bertz CT molecular complexity index is 1640. The van der Waals surface area contributed by atoms with Gasteiger partial charge in [-0.2, -0.15) is 5.26 Å². The number of rotatable bonds is 7. The lowest BCUT2D eigenvalue weighted by Crippen LogP contribution is -2.19. The van der Waals surface area contributed by atoms with Gasteiger partial charge in [-0.05, 0) is 95.4 Å². The van der Waals surface area contributed by atoms with Gasteiger partial charge in [0.2, 0.25) is 0 Å². The third-order valence-corrected chi connectivity index (χ3v) is 7.84. The Hall–Kier alpha value is -3.30. The van der Waals surface area contributed by atoms with Crippen molar-refractivity contribution in [1.29, 1.82) is 5.26 Å². The minimum absolute atomic E-state index is 0.0231. The van der Waals surface area contributed by atoms with Crippen molar-refractivity contribution in [3.8, 4) is 17.6 Å². The SMILES string of the molecule is N#Cc1ccc(NC(=O)c2cc(Cl)ccc2NS(=O)(=O)c2ccc(Oc3ccccc3Cl)cc2)c(I)c1. The highest BCUT2D eigenvalue weighted by atomic mass is 127. The lowest BCUT2D eigenvalue weighted by Gasteiger charge is -2.14. The van der Waals surface area contributed by atoms with Gasteiger partial charge in [0.25, 0.3) is 15.9 Å². The Morgan fingerprint density at radius 3 is 2.30 bits per heavy atom. The fourth-order valence-corrected chi connectivity index (χ4v) is 5.29. The summed E-state index contributed by atoms with van der Waals surface area (Å²) < 4.78 is 35.0. The number of anilines is 2. The molecule has 0 unspecified atom stereocenters. The summed E-state index contributed by atoms with van der Waals surface area (Å²) in [6, 6.07) is 23.7. The Morgan fingerprint density at radius 2 is 1.62 bits per heavy atom. The second kappa shape index (κ2) is 11.4. The van der Waals surface area contributed by atoms with Gasteiger partial charge in [0.1, 0.15) is 11.5 Å². The van der Waals surface area contributed by atoms with Crippen LogP contribution >= 0.6 is 45.8 Å². The Kier molecular flexibility index (Phi) is 8.24. The highest BCUT2D eigenvalue weighted by molar-refractivity contribution is 14.1. The first-order chi connectivity index (χ1) is 17.7. The number of carbonyl (C=O) groups excluding carboxylic acids is 1. The molecule has 0 bridgehead atoms. The van der Waals surface area contributed by atoms with Gasteiger partial charge >= 0.3 is 0 Å². The molecule has 0 fully saturated rings. The van der Waals surface area contributed by atoms with E-state index in [0.717, 1.165) is 0 Å². The van der Waals surface area contributed by atoms with E-state index in [1.807, 2.05) is 28.7 Å². The van der Waals surface area contributed by atoms with Gasteiger partial charge in [-0.1, -0.05) is 35.3 Å². The molecular weight excluding hydrogens is 648 g/mol. The maximum absolute atomic E-state index is 13.1. The molecule has 0 spiro atoms. The van der Waals surface area contributed by atoms with Crippen molar-refractivity contribution in [1.82, 2.24) is 0 Å². The summed E-state index contributed by atoms with van der Waals surface area (Å²) in [6.45, 7) is 0. The number of para-hydroxylation sites is 1. The maximum Gasteiger partial charge on any atom is 0.261 e. The quantitative estimate of drug-likeness (QED) is 0.202. The summed E-state index contributed by atoms with van der Waals surface area (Å²) in [5.74, 6) is 0.258. The smallest absolute Gasteiger partial charge is 0.261 e. The van der Waals surface area contributed by atoms with Gasteiger partial charge in [0.15, 0.2) is 0 Å². The molecule has 0 aliphatic heterocycles. The molecule has 2 N–H and O–H groups in total. The molecule has 1 amide bonds. The third kappa shape index (κ3) is 6.53. The van der Waals surface area contributed by atoms with Gasteiger partial charge < -0.3 is 10.1 Å². The zero-order valence-electron chi connectivity index (χ0n) is 18.7. The number of ether oxygens (including phenoxy) is 1. The second-order valence-electron chi connectivity index (χ2n) is 7.56. The number of halogens is 3. The summed E-state index contributed by atoms with van der Waals surface area (Å²) in [5.41, 5.74) is 0.978. The van der Waals surface area contributed by atoms with Crippen LogP contribution in [0.3, 0.4) is 0 Å². The maximum atomic E-state index is 13.1. The summed E-state index contributed by atoms with van der Waals surface area (Å²) >= 11 is 14.2. The molecule has 0 radical (unpaired) electrons. The third-order valence-electron chi connectivity index (χ3n) is 5.02. The molecule has 37 heavy (non-hydrogen) atoms. The van der Waals surface area contributed by atoms with Crippen LogP contribution in [0.2, 0.25) is 10.0 Å². The molecular formula is C26H16Cl2IN3O4S. The van der Waals surface area contributed by atoms with Crippen molar-refractivity contribution in [2.45, 2.75) is 4.90 Å². The van der Waals surface area contributed by atoms with Crippen LogP contribution in [0.4, 0.5) is 11.4 Å². The van der Waals surface area contributed by atoms with Crippen molar-refractivity contribution < 1.29 is 17.9 Å². The molecule has 0 aliphatic rings. The molecule has 186 valence electrons. The predicted molar refractivity (Wildman–Crippen MR) is 152 cm³/mol. The van der Waals surface area contributed by atoms with Gasteiger partial charge in [-0.15, -0.1) is 0 Å². The molecule has 0 aliphatic carbocycles. The fourth-order valence-electron chi connectivity index (χ4n) is 3.21. The molecule has 0 heterocycles. The summed E-state index contributed by atoms with van der Waals surface area (Å²) in [4.78, 5) is 13.0. The zero-order chi connectivity index (χ0) is 26.6. The van der Waals surface area contributed by atoms with E-state index in [1.165, 1.54) is 42.5 Å². The van der Waals surface area contributed by atoms with Crippen LogP contribution in [0.15, 0.2) is 89.8 Å². The highest BCUT2D eigenvalue weighted by Gasteiger charge is 2.20. The normalized spacial score (nSPS) is 10.9. The topological polar surface area (TPSA) is 108 Å². The average molecular weight is 664 g/mol. The molecule has 7 nitrogen and oxygen atoms in total. The molecule has 4 rings (SSSR count). The molecule has 0 aromatic heterocycles. The van der Waals surface area contributed by atoms with Crippen molar-refractivity contribution in [3.63, 3.8) is 0 Å². The van der Waals surface area contributed by atoms with Crippen molar-refractivity contribution in [2.24, 2.45) is 0 Å². The van der Waals surface area contributed by atoms with E-state index >= 15 is 0 Å². The van der Waals surface area contributed by atoms with E-state index in [9.17, 15) is 13.2 Å². The van der Waals surface area contributed by atoms with Crippen LogP contribution in [-0.2, 0) is 10.0 Å². The minimum atomic E-state index is -4.06. The lowest BCUT2D eigenvalue weighted by molar-refractivity contribution is 0.102. The van der Waals surface area contributed by atoms with E-state index in [4.69, 9.17) is 33.2 Å². The number of nitriles is 1. The number of benzene rings is 4. The first-order valence-corrected chi connectivity index (χ1v) is 13.8. The number of carbonyl (C=O) groups is 1. The first-order valence-electron chi connectivity index (χ1n) is 10.5. The summed E-state index contributed by atoms with van der Waals surface area (Å²) in [6.07, 6.45) is 0. The van der Waals surface area contributed by atoms with Crippen LogP contribution in [0.25, 0.3) is 0 Å². The number of nitrogens with zero attached hydrogens (tertiary/aromatic N) is 1. The fraction of sp³-hybridized carbons (Fsp3) is 0. The zero-order valence-corrected chi connectivity index (χ0v) is 23.2. The molecule has 0 saturated heterocycles. The van der Waals surface area contributed by atoms with Crippen LogP contribution in [-0.4, -0.2) is 14.3 Å². The van der Waals surface area contributed by atoms with Crippen molar-refractivity contribution >= 4 is 73.1 Å². The number of hydrogen-bond donors (Lipinski definition) is 2. The minimum Gasteiger partial charge on any atom is -0.456 e. The molecule has 11 heteroatoms. The van der Waals surface area contributed by atoms with Gasteiger partial charge in [0.05, 0.1) is 38.5 Å². The van der Waals surface area contributed by atoms with Gasteiger partial charge in [-0.3, -0.25) is 9.52 Å². The number of sulfonamides is 1. The van der Waals surface area contributed by atoms with Gasteiger partial charge in [0, 0.05) is 8.59 Å². The van der Waals surface area contributed by atoms with Crippen LogP contribution in [0, 0.1) is 14.9 Å². The predicted octanol–water partition coefficient (Wildman–Crippen LogP) is 7.32. The molecule has 4 aromatic carbocycles. The monoisotopic (exact) mass is 663 g/mol. The van der Waals surface area contributed by atoms with E-state index in [-0.39, 0.29) is 21.2 Å². The number of nitrogens with one attached hydrogen (secondary N) is 2. The lowest BCUT2D eigenvalue weighted by atomic mass is 10.1. The van der Waals surface area contributed by atoms with E-state index in [2.05, 4.69) is 10.0 Å². The molecule has 4 aromatic rings. The highest BCUT2D eigenvalue weighted by Crippen LogP contribution is 2.30. The average Bonchev–Trinajstić information content (AvgIpc) is 2.88. The van der Waals surface area contributed by atoms with E-state index < -0.39 is 15.9 Å². The van der Waals surface area contributed by atoms with E-state index in [1.54, 1.807) is 42.5 Å². The van der Waals surface area contributed by atoms with Crippen LogP contribution < -0.4 is 14.8 Å². The Morgan fingerprint density at radius 1 is 0.919 bits per heavy atom. The molecule has 0 atom stereocenters. The Balaban J connectivity index is 1.56. The standard InChI is InChI=1S/C26H16Cl2IN3O4S/c27-17-6-12-23(20(14-17)26(33)31-24-11-5-16(15-30)13-22(24)29)32-37(34,35)19-9-7-18(8-10-19)36-25-4-2-1-3-21(25)28/h1-14,32H,(H,31,33). The number of amides is 1. The largest absolute Gasteiger partial charge is 0.456 e. The van der Waals surface area contributed by atoms with E-state index in [0.29, 0.717) is 31.3 Å². The van der Waals surface area contributed by atoms with Crippen LogP contribution in [0.5, 0.6) is 11.5 Å². The first kappa shape index (κ1) is 26.8. The van der Waals surface area contributed by atoms with Gasteiger partial charge in [-0.25, -0.2) is 8.42 Å². The Labute approximate surface area is 237 Å². The van der Waals surface area contributed by atoms with Crippen LogP contribution in [0.1, 0.15) is 15.9 Å². The molecule has 0 saturated carbocycles. The number of hydrogen-bond acceptors (Lipinski definition) is 5. The summed E-state index contributed by atoms with van der Waals surface area (Å²) in [7, 11) is -4.06.